The summed E-state index contributed by atoms with van der Waals surface area (Å²) in [6.45, 7) is 8.54. The van der Waals surface area contributed by atoms with Gasteiger partial charge in [-0.05, 0) is 37.0 Å². The zero-order chi connectivity index (χ0) is 16.4. The Morgan fingerprint density at radius 2 is 1.27 bits per heavy atom. The molecule has 1 unspecified atom stereocenters. The minimum Gasteiger partial charge on any atom is -0.324 e. The molecule has 2 rings (SSSR count). The van der Waals surface area contributed by atoms with Crippen LogP contribution in [0.1, 0.15) is 68.3 Å². The summed E-state index contributed by atoms with van der Waals surface area (Å²) < 4.78 is 0. The van der Waals surface area contributed by atoms with Gasteiger partial charge < -0.3 is 5.73 Å². The molecule has 0 bridgehead atoms. The number of benzene rings is 2. The van der Waals surface area contributed by atoms with E-state index in [1.54, 1.807) is 0 Å². The quantitative estimate of drug-likeness (QED) is 0.741. The van der Waals surface area contributed by atoms with Gasteiger partial charge >= 0.3 is 0 Å². The lowest BCUT2D eigenvalue weighted by Gasteiger charge is -2.07. The van der Waals surface area contributed by atoms with Crippen molar-refractivity contribution in [3.63, 3.8) is 0 Å². The third-order valence-electron chi connectivity index (χ3n) is 3.74. The van der Waals surface area contributed by atoms with E-state index >= 15 is 0 Å². The van der Waals surface area contributed by atoms with Gasteiger partial charge in [-0.3, -0.25) is 0 Å². The topological polar surface area (TPSA) is 26.0 Å². The highest BCUT2D eigenvalue weighted by Gasteiger charge is 2.00. The maximum absolute atomic E-state index is 5.83. The highest BCUT2D eigenvalue weighted by atomic mass is 14.6. The van der Waals surface area contributed by atoms with Crippen LogP contribution in [0, 0.1) is 6.92 Å². The van der Waals surface area contributed by atoms with Crippen molar-refractivity contribution in [1.82, 2.24) is 0 Å². The van der Waals surface area contributed by atoms with Crippen LogP contribution in [0.2, 0.25) is 0 Å². The second-order valence-corrected chi connectivity index (χ2v) is 6.05. The van der Waals surface area contributed by atoms with Gasteiger partial charge in [0.05, 0.1) is 0 Å². The van der Waals surface area contributed by atoms with Crippen LogP contribution in [0.15, 0.2) is 48.5 Å². The van der Waals surface area contributed by atoms with Crippen LogP contribution in [0.25, 0.3) is 0 Å². The zero-order valence-electron chi connectivity index (χ0n) is 14.6. The van der Waals surface area contributed by atoms with Crippen LogP contribution in [0.4, 0.5) is 0 Å². The van der Waals surface area contributed by atoms with E-state index in [0.717, 1.165) is 6.42 Å². The lowest BCUT2D eigenvalue weighted by Crippen LogP contribution is -2.04. The normalized spacial score (nSPS) is 11.5. The Hall–Kier alpha value is -1.60. The van der Waals surface area contributed by atoms with Gasteiger partial charge in [0.1, 0.15) is 0 Å². The Bertz CT molecular complexity index is 507. The average Bonchev–Trinajstić information content (AvgIpc) is 2.51. The van der Waals surface area contributed by atoms with Gasteiger partial charge in [0.15, 0.2) is 0 Å². The number of nitrogens with two attached hydrogens (primary N) is 1. The van der Waals surface area contributed by atoms with Gasteiger partial charge in [0, 0.05) is 6.04 Å². The Balaban J connectivity index is 0.000000422. The minimum atomic E-state index is 0.114. The van der Waals surface area contributed by atoms with Gasteiger partial charge in [-0.25, -0.2) is 0 Å². The van der Waals surface area contributed by atoms with Crippen LogP contribution >= 0.6 is 0 Å². The Kier molecular flexibility index (Phi) is 8.54. The predicted octanol–water partition coefficient (Wildman–Crippen LogP) is 5.80. The van der Waals surface area contributed by atoms with E-state index in [1.165, 1.54) is 41.5 Å². The lowest BCUT2D eigenvalue weighted by molar-refractivity contribution is 0.772. The molecule has 0 saturated carbocycles. The minimum absolute atomic E-state index is 0.114. The Morgan fingerprint density at radius 1 is 0.818 bits per heavy atom. The van der Waals surface area contributed by atoms with Crippen LogP contribution in [-0.4, -0.2) is 0 Å². The van der Waals surface area contributed by atoms with Gasteiger partial charge in [-0.2, -0.15) is 0 Å². The first kappa shape index (κ1) is 18.4. The molecular weight excluding hydrogens is 266 g/mol. The Labute approximate surface area is 136 Å². The third-order valence-corrected chi connectivity index (χ3v) is 3.74. The number of unbranched alkanes of at least 4 members (excludes halogenated alkanes) is 2. The van der Waals surface area contributed by atoms with Crippen molar-refractivity contribution in [1.29, 1.82) is 0 Å². The summed E-state index contributed by atoms with van der Waals surface area (Å²) in [5.41, 5.74) is 11.0. The first-order valence-electron chi connectivity index (χ1n) is 8.46. The first-order valence-corrected chi connectivity index (χ1v) is 8.46. The van der Waals surface area contributed by atoms with E-state index < -0.39 is 0 Å². The third kappa shape index (κ3) is 6.91. The molecule has 2 aromatic carbocycles. The maximum atomic E-state index is 5.83. The molecule has 1 heteroatoms. The van der Waals surface area contributed by atoms with Crippen molar-refractivity contribution >= 4 is 0 Å². The second kappa shape index (κ2) is 10.2. The number of aryl methyl sites for hydroxylation is 1. The summed E-state index contributed by atoms with van der Waals surface area (Å²) in [6.07, 6.45) is 5.06. The lowest BCUT2D eigenvalue weighted by atomic mass is 10.0. The molecule has 0 aromatic heterocycles. The van der Waals surface area contributed by atoms with Crippen LogP contribution in [0.3, 0.4) is 0 Å². The molecule has 0 radical (unpaired) electrons. The van der Waals surface area contributed by atoms with Gasteiger partial charge in [-0.1, -0.05) is 87.2 Å². The van der Waals surface area contributed by atoms with Crippen LogP contribution in [-0.2, 0) is 6.42 Å². The average molecular weight is 297 g/mol. The standard InChI is InChI=1S/C16H19N.C5H12/c1-12-3-5-14(6-4-12)11-15-7-9-16(10-8-15)13(2)17;1-3-5-4-2/h3-10,13H,11,17H2,1-2H3;3-5H2,1-2H3. The molecule has 1 atom stereocenters. The van der Waals surface area contributed by atoms with E-state index in [2.05, 4.69) is 69.3 Å². The summed E-state index contributed by atoms with van der Waals surface area (Å²) >= 11 is 0. The van der Waals surface area contributed by atoms with E-state index in [4.69, 9.17) is 5.73 Å². The molecule has 0 fully saturated rings. The second-order valence-electron chi connectivity index (χ2n) is 6.05. The molecule has 2 N–H and O–H groups in total. The summed E-state index contributed by atoms with van der Waals surface area (Å²) in [7, 11) is 0. The van der Waals surface area contributed by atoms with Crippen molar-refractivity contribution in [2.45, 2.75) is 59.4 Å². The van der Waals surface area contributed by atoms with Gasteiger partial charge in [0.2, 0.25) is 0 Å². The molecule has 0 aliphatic rings. The molecule has 0 saturated heterocycles. The fraction of sp³-hybridized carbons (Fsp3) is 0.429. The molecule has 120 valence electrons. The van der Waals surface area contributed by atoms with Gasteiger partial charge in [-0.15, -0.1) is 0 Å². The van der Waals surface area contributed by atoms with Crippen molar-refractivity contribution < 1.29 is 0 Å². The zero-order valence-corrected chi connectivity index (χ0v) is 14.6. The fourth-order valence-corrected chi connectivity index (χ4v) is 2.23. The van der Waals surface area contributed by atoms with Crippen molar-refractivity contribution in [2.75, 3.05) is 0 Å². The molecule has 22 heavy (non-hydrogen) atoms. The summed E-state index contributed by atoms with van der Waals surface area (Å²) in [6, 6.07) is 17.4. The molecule has 0 heterocycles. The summed E-state index contributed by atoms with van der Waals surface area (Å²) in [4.78, 5) is 0. The van der Waals surface area contributed by atoms with E-state index in [1.807, 2.05) is 6.92 Å². The molecule has 1 nitrogen and oxygen atoms in total. The number of hydrogen-bond acceptors (Lipinski definition) is 1. The number of rotatable bonds is 5. The van der Waals surface area contributed by atoms with Crippen molar-refractivity contribution in [3.8, 4) is 0 Å². The molecule has 0 amide bonds. The van der Waals surface area contributed by atoms with E-state index in [-0.39, 0.29) is 6.04 Å². The Morgan fingerprint density at radius 3 is 1.64 bits per heavy atom. The van der Waals surface area contributed by atoms with Crippen LogP contribution in [0.5, 0.6) is 0 Å². The molecule has 0 aliphatic carbocycles. The van der Waals surface area contributed by atoms with Crippen molar-refractivity contribution in [3.05, 3.63) is 70.8 Å². The molecular formula is C21H31N. The highest BCUT2D eigenvalue weighted by Crippen LogP contribution is 2.14. The first-order chi connectivity index (χ1) is 10.6. The van der Waals surface area contributed by atoms with E-state index in [9.17, 15) is 0 Å². The maximum Gasteiger partial charge on any atom is 0.0266 e. The molecule has 2 aromatic rings. The van der Waals surface area contributed by atoms with Gasteiger partial charge in [0.25, 0.3) is 0 Å². The SMILES string of the molecule is CCCCC.Cc1ccc(Cc2ccc(C(C)N)cc2)cc1. The smallest absolute Gasteiger partial charge is 0.0266 e. The molecule has 0 aliphatic heterocycles. The fourth-order valence-electron chi connectivity index (χ4n) is 2.23. The summed E-state index contributed by atoms with van der Waals surface area (Å²) in [5.74, 6) is 0. The summed E-state index contributed by atoms with van der Waals surface area (Å²) in [5, 5.41) is 0. The highest BCUT2D eigenvalue weighted by molar-refractivity contribution is 5.30. The number of hydrogen-bond donors (Lipinski definition) is 1. The van der Waals surface area contributed by atoms with Crippen molar-refractivity contribution in [2.24, 2.45) is 5.73 Å². The predicted molar refractivity (Wildman–Crippen MR) is 98.2 cm³/mol. The van der Waals surface area contributed by atoms with Crippen LogP contribution < -0.4 is 5.73 Å². The monoisotopic (exact) mass is 297 g/mol. The van der Waals surface area contributed by atoms with E-state index in [0.29, 0.717) is 0 Å². The largest absolute Gasteiger partial charge is 0.324 e. The molecule has 0 spiro atoms.